The molecule has 1 unspecified atom stereocenters. The number of hydrogen-bond donors (Lipinski definition) is 1. The number of amides is 1. The molecule has 0 bridgehead atoms. The normalized spacial score (nSPS) is 17.3. The molecular weight excluding hydrogens is 363 g/mol. The highest BCUT2D eigenvalue weighted by molar-refractivity contribution is 7.13. The molecule has 1 saturated heterocycles. The largest absolute Gasteiger partial charge is 0.416 e. The number of carbonyl (C=O) groups is 1. The number of benzene rings is 1. The van der Waals surface area contributed by atoms with Gasteiger partial charge in [0.1, 0.15) is 10.7 Å². The van der Waals surface area contributed by atoms with Gasteiger partial charge >= 0.3 is 6.18 Å². The molecule has 26 heavy (non-hydrogen) atoms. The van der Waals surface area contributed by atoms with Crippen LogP contribution in [-0.4, -0.2) is 34.9 Å². The Morgan fingerprint density at radius 1 is 1.35 bits per heavy atom. The lowest BCUT2D eigenvalue weighted by molar-refractivity contribution is -0.137. The predicted octanol–water partition coefficient (Wildman–Crippen LogP) is 4.03. The van der Waals surface area contributed by atoms with E-state index in [-0.39, 0.29) is 17.6 Å². The summed E-state index contributed by atoms with van der Waals surface area (Å²) >= 11 is 1.17. The predicted molar refractivity (Wildman–Crippen MR) is 94.8 cm³/mol. The topological polar surface area (TPSA) is 59.2 Å². The maximum Gasteiger partial charge on any atom is 0.416 e. The third-order valence-electron chi connectivity index (χ3n) is 4.73. The molecule has 8 heteroatoms. The van der Waals surface area contributed by atoms with Crippen LogP contribution in [0.4, 0.5) is 13.2 Å². The van der Waals surface area contributed by atoms with E-state index in [4.69, 9.17) is 5.73 Å². The lowest BCUT2D eigenvalue weighted by atomic mass is 9.91. The smallest absolute Gasteiger partial charge is 0.337 e. The van der Waals surface area contributed by atoms with Gasteiger partial charge in [-0.25, -0.2) is 4.98 Å². The van der Waals surface area contributed by atoms with Crippen molar-refractivity contribution < 1.29 is 18.0 Å². The second-order valence-electron chi connectivity index (χ2n) is 6.61. The van der Waals surface area contributed by atoms with Gasteiger partial charge in [-0.05, 0) is 37.8 Å². The SMILES string of the molecule is CC(N)C1CCN(C(=O)c2csc(-c3cccc(C(F)(F)F)c3)n2)CC1. The highest BCUT2D eigenvalue weighted by Crippen LogP contribution is 2.33. The molecule has 140 valence electrons. The van der Waals surface area contributed by atoms with Crippen LogP contribution in [0.3, 0.4) is 0 Å². The van der Waals surface area contributed by atoms with Crippen LogP contribution in [0.15, 0.2) is 29.6 Å². The molecule has 1 aliphatic rings. The third kappa shape index (κ3) is 4.07. The van der Waals surface area contributed by atoms with Gasteiger partial charge in [0.15, 0.2) is 0 Å². The number of thiazole rings is 1. The van der Waals surface area contributed by atoms with Crippen LogP contribution < -0.4 is 5.73 Å². The first-order valence-corrected chi connectivity index (χ1v) is 9.31. The third-order valence-corrected chi connectivity index (χ3v) is 5.62. The molecule has 4 nitrogen and oxygen atoms in total. The molecule has 2 aromatic rings. The van der Waals surface area contributed by atoms with E-state index in [0.29, 0.717) is 29.6 Å². The second kappa shape index (κ2) is 7.36. The molecule has 1 amide bonds. The first kappa shape index (κ1) is 18.8. The highest BCUT2D eigenvalue weighted by Gasteiger charge is 2.31. The van der Waals surface area contributed by atoms with Gasteiger partial charge in [-0.15, -0.1) is 11.3 Å². The Morgan fingerprint density at radius 2 is 2.04 bits per heavy atom. The first-order valence-electron chi connectivity index (χ1n) is 8.43. The van der Waals surface area contributed by atoms with Crippen molar-refractivity contribution in [1.29, 1.82) is 0 Å². The summed E-state index contributed by atoms with van der Waals surface area (Å²) in [6.45, 7) is 3.23. The first-order chi connectivity index (χ1) is 12.3. The zero-order valence-corrected chi connectivity index (χ0v) is 15.1. The van der Waals surface area contributed by atoms with Crippen molar-refractivity contribution in [3.8, 4) is 10.6 Å². The molecule has 2 heterocycles. The van der Waals surface area contributed by atoms with Crippen LogP contribution in [0.1, 0.15) is 35.8 Å². The molecule has 2 N–H and O–H groups in total. The number of piperidine rings is 1. The summed E-state index contributed by atoms with van der Waals surface area (Å²) in [6.07, 6.45) is -2.70. The zero-order valence-electron chi connectivity index (χ0n) is 14.3. The number of aromatic nitrogens is 1. The minimum atomic E-state index is -4.41. The van der Waals surface area contributed by atoms with Gasteiger partial charge in [-0.3, -0.25) is 4.79 Å². The average Bonchev–Trinajstić information content (AvgIpc) is 3.10. The van der Waals surface area contributed by atoms with E-state index in [1.807, 2.05) is 6.92 Å². The summed E-state index contributed by atoms with van der Waals surface area (Å²) < 4.78 is 38.6. The van der Waals surface area contributed by atoms with Crippen LogP contribution in [0.25, 0.3) is 10.6 Å². The lowest BCUT2D eigenvalue weighted by Gasteiger charge is -2.33. The van der Waals surface area contributed by atoms with E-state index >= 15 is 0 Å². The Kier molecular flexibility index (Phi) is 5.34. The molecular formula is C18H20F3N3OS. The number of nitrogens with two attached hydrogens (primary N) is 1. The minimum absolute atomic E-state index is 0.110. The number of hydrogen-bond acceptors (Lipinski definition) is 4. The molecule has 3 rings (SSSR count). The fraction of sp³-hybridized carbons (Fsp3) is 0.444. The van der Waals surface area contributed by atoms with Gasteiger partial charge < -0.3 is 10.6 Å². The van der Waals surface area contributed by atoms with E-state index in [1.165, 1.54) is 17.4 Å². The second-order valence-corrected chi connectivity index (χ2v) is 7.46. The summed E-state index contributed by atoms with van der Waals surface area (Å²) in [5.74, 6) is 0.234. The van der Waals surface area contributed by atoms with Crippen LogP contribution >= 0.6 is 11.3 Å². The Balaban J connectivity index is 1.73. The van der Waals surface area contributed by atoms with Gasteiger partial charge in [0.25, 0.3) is 5.91 Å². The Bertz CT molecular complexity index is 780. The molecule has 1 aromatic carbocycles. The summed E-state index contributed by atoms with van der Waals surface area (Å²) in [4.78, 5) is 18.6. The van der Waals surface area contributed by atoms with Crippen molar-refractivity contribution in [2.45, 2.75) is 32.0 Å². The molecule has 1 aliphatic heterocycles. The van der Waals surface area contributed by atoms with Crippen molar-refractivity contribution in [2.24, 2.45) is 11.7 Å². The van der Waals surface area contributed by atoms with Gasteiger partial charge in [-0.1, -0.05) is 12.1 Å². The fourth-order valence-electron chi connectivity index (χ4n) is 3.12. The number of alkyl halides is 3. The monoisotopic (exact) mass is 383 g/mol. The Labute approximate surface area is 153 Å². The molecule has 0 radical (unpaired) electrons. The summed E-state index contributed by atoms with van der Waals surface area (Å²) in [7, 11) is 0. The molecule has 0 aliphatic carbocycles. The lowest BCUT2D eigenvalue weighted by Crippen LogP contribution is -2.42. The van der Waals surface area contributed by atoms with Gasteiger partial charge in [0.2, 0.25) is 0 Å². The number of halogens is 3. The maximum absolute atomic E-state index is 12.9. The highest BCUT2D eigenvalue weighted by atomic mass is 32.1. The average molecular weight is 383 g/mol. The van der Waals surface area contributed by atoms with Gasteiger partial charge in [-0.2, -0.15) is 13.2 Å². The molecule has 0 saturated carbocycles. The van der Waals surface area contributed by atoms with Crippen LogP contribution in [-0.2, 0) is 6.18 Å². The number of nitrogens with zero attached hydrogens (tertiary/aromatic N) is 2. The van der Waals surface area contributed by atoms with E-state index in [0.717, 1.165) is 25.0 Å². The summed E-state index contributed by atoms with van der Waals surface area (Å²) in [5, 5.41) is 2.01. The van der Waals surface area contributed by atoms with Crippen molar-refractivity contribution in [3.05, 3.63) is 40.9 Å². The number of likely N-dealkylation sites (tertiary alicyclic amines) is 1. The van der Waals surface area contributed by atoms with E-state index in [2.05, 4.69) is 4.98 Å². The number of rotatable bonds is 3. The van der Waals surface area contributed by atoms with Gasteiger partial charge in [0, 0.05) is 30.1 Å². The van der Waals surface area contributed by atoms with E-state index in [1.54, 1.807) is 16.3 Å². The van der Waals surface area contributed by atoms with Crippen LogP contribution in [0, 0.1) is 5.92 Å². The maximum atomic E-state index is 12.9. The van der Waals surface area contributed by atoms with Crippen molar-refractivity contribution >= 4 is 17.2 Å². The fourth-order valence-corrected chi connectivity index (χ4v) is 3.91. The van der Waals surface area contributed by atoms with Crippen LogP contribution in [0.2, 0.25) is 0 Å². The summed E-state index contributed by atoms with van der Waals surface area (Å²) in [6, 6.07) is 5.10. The van der Waals surface area contributed by atoms with Crippen molar-refractivity contribution in [1.82, 2.24) is 9.88 Å². The molecule has 0 spiro atoms. The number of carbonyl (C=O) groups excluding carboxylic acids is 1. The molecule has 1 atom stereocenters. The zero-order chi connectivity index (χ0) is 18.9. The van der Waals surface area contributed by atoms with Crippen LogP contribution in [0.5, 0.6) is 0 Å². The van der Waals surface area contributed by atoms with Crippen molar-refractivity contribution in [2.75, 3.05) is 13.1 Å². The van der Waals surface area contributed by atoms with Gasteiger partial charge in [0.05, 0.1) is 5.56 Å². The van der Waals surface area contributed by atoms with E-state index in [9.17, 15) is 18.0 Å². The quantitative estimate of drug-likeness (QED) is 0.871. The van der Waals surface area contributed by atoms with Crippen molar-refractivity contribution in [3.63, 3.8) is 0 Å². The Morgan fingerprint density at radius 3 is 2.65 bits per heavy atom. The molecule has 1 fully saturated rings. The van der Waals surface area contributed by atoms with E-state index < -0.39 is 11.7 Å². The summed E-state index contributed by atoms with van der Waals surface area (Å²) in [5.41, 5.74) is 5.83. The standard InChI is InChI=1S/C18H20F3N3OS/c1-11(22)12-5-7-24(8-6-12)17(25)15-10-26-16(23-15)13-3-2-4-14(9-13)18(19,20)21/h2-4,9-12H,5-8,22H2,1H3. The Hall–Kier alpha value is -1.93. The minimum Gasteiger partial charge on any atom is -0.337 e. The molecule has 1 aromatic heterocycles.